The van der Waals surface area contributed by atoms with E-state index in [1.54, 1.807) is 0 Å². The summed E-state index contributed by atoms with van der Waals surface area (Å²) in [6.45, 7) is 7.54. The first-order chi connectivity index (χ1) is 13.9. The molecule has 2 aromatic carbocycles. The molecule has 4 rings (SSSR count). The van der Waals surface area contributed by atoms with E-state index >= 15 is 0 Å². The number of ether oxygens (including phenoxy) is 1. The molecule has 0 bridgehead atoms. The number of halogens is 1. The van der Waals surface area contributed by atoms with Crippen molar-refractivity contribution in [1.82, 2.24) is 0 Å². The predicted octanol–water partition coefficient (Wildman–Crippen LogP) is 6.13. The summed E-state index contributed by atoms with van der Waals surface area (Å²) in [4.78, 5) is 0. The average Bonchev–Trinajstić information content (AvgIpc) is 3.11. The minimum absolute atomic E-state index is 0.00605. The van der Waals surface area contributed by atoms with Gasteiger partial charge < -0.3 is 18.9 Å². The lowest BCUT2D eigenvalue weighted by Gasteiger charge is -2.22. The standard InChI is InChI=1S/C23H28FO4P/c1-14(2)19-11-20(21(24)12-22(19)25)18-6-5-16-10-17(9-15(3)23(16)18)26-13-29-27-7-4-8-28-29/h9-12,14,18,25H,4-8,13H2,1-3H3. The molecule has 1 N–H and O–H groups in total. The van der Waals surface area contributed by atoms with Crippen molar-refractivity contribution < 1.29 is 23.3 Å². The second-order valence-electron chi connectivity index (χ2n) is 8.12. The Morgan fingerprint density at radius 3 is 2.69 bits per heavy atom. The molecule has 1 aliphatic heterocycles. The summed E-state index contributed by atoms with van der Waals surface area (Å²) in [5, 5.41) is 10.1. The fraction of sp³-hybridized carbons (Fsp3) is 0.478. The predicted molar refractivity (Wildman–Crippen MR) is 112 cm³/mol. The van der Waals surface area contributed by atoms with Gasteiger partial charge in [-0.15, -0.1) is 0 Å². The van der Waals surface area contributed by atoms with Gasteiger partial charge in [-0.25, -0.2) is 4.39 Å². The van der Waals surface area contributed by atoms with Crippen molar-refractivity contribution in [3.05, 3.63) is 57.9 Å². The van der Waals surface area contributed by atoms with Crippen LogP contribution in [-0.4, -0.2) is 24.7 Å². The van der Waals surface area contributed by atoms with Crippen LogP contribution in [0.15, 0.2) is 24.3 Å². The van der Waals surface area contributed by atoms with Crippen LogP contribution in [0.1, 0.15) is 66.3 Å². The highest BCUT2D eigenvalue weighted by molar-refractivity contribution is 7.47. The Hall–Kier alpha value is -1.68. The summed E-state index contributed by atoms with van der Waals surface area (Å²) in [5.41, 5.74) is 4.97. The molecule has 1 atom stereocenters. The number of hydrogen-bond donors (Lipinski definition) is 1. The Morgan fingerprint density at radius 1 is 1.21 bits per heavy atom. The van der Waals surface area contributed by atoms with Crippen molar-refractivity contribution in [3.63, 3.8) is 0 Å². The minimum Gasteiger partial charge on any atom is -0.508 e. The van der Waals surface area contributed by atoms with Crippen LogP contribution >= 0.6 is 8.38 Å². The molecule has 1 unspecified atom stereocenters. The molecule has 1 aliphatic carbocycles. The molecule has 1 fully saturated rings. The molecule has 0 aromatic heterocycles. The monoisotopic (exact) mass is 418 g/mol. The quantitative estimate of drug-likeness (QED) is 0.594. The molecule has 2 aromatic rings. The minimum atomic E-state index is -0.969. The third kappa shape index (κ3) is 4.28. The SMILES string of the molecule is Cc1cc(OCP2OCCCO2)cc2c1C(c1cc(C(C)C)c(O)cc1F)CC2. The Labute approximate surface area is 172 Å². The maximum Gasteiger partial charge on any atom is 0.211 e. The van der Waals surface area contributed by atoms with E-state index in [-0.39, 0.29) is 23.4 Å². The number of aryl methyl sites for hydroxylation is 2. The Balaban J connectivity index is 1.58. The highest BCUT2D eigenvalue weighted by atomic mass is 31.2. The number of aromatic hydroxyl groups is 1. The van der Waals surface area contributed by atoms with Crippen LogP contribution in [0, 0.1) is 12.7 Å². The molecule has 156 valence electrons. The van der Waals surface area contributed by atoms with Crippen LogP contribution in [0.5, 0.6) is 11.5 Å². The number of fused-ring (bicyclic) bond motifs is 1. The van der Waals surface area contributed by atoms with Gasteiger partial charge in [0.1, 0.15) is 17.3 Å². The summed E-state index contributed by atoms with van der Waals surface area (Å²) < 4.78 is 31.9. The van der Waals surface area contributed by atoms with E-state index in [1.807, 2.05) is 26.0 Å². The summed E-state index contributed by atoms with van der Waals surface area (Å²) in [6.07, 6.45) is 3.11. The molecule has 4 nitrogen and oxygen atoms in total. The van der Waals surface area contributed by atoms with Gasteiger partial charge in [-0.2, -0.15) is 0 Å². The van der Waals surface area contributed by atoms with Gasteiger partial charge in [-0.1, -0.05) is 13.8 Å². The Morgan fingerprint density at radius 2 is 1.97 bits per heavy atom. The maximum absolute atomic E-state index is 14.8. The molecular formula is C23H28FO4P. The van der Waals surface area contributed by atoms with Gasteiger partial charge in [-0.3, -0.25) is 0 Å². The molecule has 0 amide bonds. The molecule has 6 heteroatoms. The maximum atomic E-state index is 14.8. The zero-order chi connectivity index (χ0) is 20.5. The summed E-state index contributed by atoms with van der Waals surface area (Å²) in [5.74, 6) is 0.661. The lowest BCUT2D eigenvalue weighted by molar-refractivity contribution is 0.168. The van der Waals surface area contributed by atoms with Crippen LogP contribution in [-0.2, 0) is 15.5 Å². The van der Waals surface area contributed by atoms with E-state index in [1.165, 1.54) is 17.2 Å². The van der Waals surface area contributed by atoms with Gasteiger partial charge in [0.05, 0.1) is 13.2 Å². The zero-order valence-electron chi connectivity index (χ0n) is 17.2. The Kier molecular flexibility index (Phi) is 6.10. The van der Waals surface area contributed by atoms with Crippen molar-refractivity contribution in [2.75, 3.05) is 19.6 Å². The summed E-state index contributed by atoms with van der Waals surface area (Å²) >= 11 is 0. The van der Waals surface area contributed by atoms with Gasteiger partial charge in [0.2, 0.25) is 8.38 Å². The summed E-state index contributed by atoms with van der Waals surface area (Å²) in [7, 11) is -0.969. The van der Waals surface area contributed by atoms with Crippen LogP contribution in [0.4, 0.5) is 4.39 Å². The molecule has 0 spiro atoms. The van der Waals surface area contributed by atoms with E-state index < -0.39 is 8.38 Å². The van der Waals surface area contributed by atoms with Crippen LogP contribution in [0.25, 0.3) is 0 Å². The highest BCUT2D eigenvalue weighted by Crippen LogP contribution is 2.45. The second kappa shape index (κ2) is 8.59. The number of phenols is 1. The molecule has 29 heavy (non-hydrogen) atoms. The fourth-order valence-corrected chi connectivity index (χ4v) is 5.48. The van der Waals surface area contributed by atoms with Crippen molar-refractivity contribution in [1.29, 1.82) is 0 Å². The molecule has 1 saturated heterocycles. The fourth-order valence-electron chi connectivity index (χ4n) is 4.34. The normalized spacial score (nSPS) is 19.6. The topological polar surface area (TPSA) is 47.9 Å². The van der Waals surface area contributed by atoms with Gasteiger partial charge in [0.15, 0.2) is 6.35 Å². The van der Waals surface area contributed by atoms with E-state index in [9.17, 15) is 9.50 Å². The lowest BCUT2D eigenvalue weighted by atomic mass is 9.87. The zero-order valence-corrected chi connectivity index (χ0v) is 18.1. The molecule has 0 saturated carbocycles. The van der Waals surface area contributed by atoms with Crippen LogP contribution < -0.4 is 4.74 Å². The number of rotatable bonds is 5. The van der Waals surface area contributed by atoms with Gasteiger partial charge in [0.25, 0.3) is 0 Å². The van der Waals surface area contributed by atoms with E-state index in [0.717, 1.165) is 49.4 Å². The van der Waals surface area contributed by atoms with E-state index in [4.69, 9.17) is 13.8 Å². The number of phenolic OH excluding ortho intramolecular Hbond substituents is 1. The molecular weight excluding hydrogens is 390 g/mol. The van der Waals surface area contributed by atoms with Crippen molar-refractivity contribution in [2.45, 2.75) is 51.9 Å². The number of hydrogen-bond acceptors (Lipinski definition) is 4. The average molecular weight is 418 g/mol. The van der Waals surface area contributed by atoms with Crippen LogP contribution in [0.2, 0.25) is 0 Å². The highest BCUT2D eigenvalue weighted by Gasteiger charge is 2.30. The largest absolute Gasteiger partial charge is 0.508 e. The molecule has 1 heterocycles. The van der Waals surface area contributed by atoms with Gasteiger partial charge in [0, 0.05) is 12.0 Å². The molecule has 2 aliphatic rings. The van der Waals surface area contributed by atoms with Gasteiger partial charge >= 0.3 is 0 Å². The van der Waals surface area contributed by atoms with Gasteiger partial charge in [-0.05, 0) is 78.1 Å². The van der Waals surface area contributed by atoms with Crippen molar-refractivity contribution >= 4 is 8.38 Å². The first-order valence-electron chi connectivity index (χ1n) is 10.3. The van der Waals surface area contributed by atoms with E-state index in [0.29, 0.717) is 11.9 Å². The lowest BCUT2D eigenvalue weighted by Crippen LogP contribution is -2.10. The number of benzene rings is 2. The first-order valence-corrected chi connectivity index (χ1v) is 11.6. The van der Waals surface area contributed by atoms with Crippen LogP contribution in [0.3, 0.4) is 0 Å². The third-order valence-corrected chi connectivity index (χ3v) is 7.02. The molecule has 0 radical (unpaired) electrons. The third-order valence-electron chi connectivity index (χ3n) is 5.74. The van der Waals surface area contributed by atoms with Crippen molar-refractivity contribution in [2.24, 2.45) is 0 Å². The first kappa shape index (κ1) is 20.6. The smallest absolute Gasteiger partial charge is 0.211 e. The van der Waals surface area contributed by atoms with E-state index in [2.05, 4.69) is 13.0 Å². The van der Waals surface area contributed by atoms with Crippen molar-refractivity contribution in [3.8, 4) is 11.5 Å². The second-order valence-corrected chi connectivity index (χ2v) is 9.56. The Bertz CT molecular complexity index is 893. The summed E-state index contributed by atoms with van der Waals surface area (Å²) in [6, 6.07) is 7.21.